The van der Waals surface area contributed by atoms with E-state index in [0.29, 0.717) is 17.0 Å². The maximum Gasteiger partial charge on any atom is 0.339 e. The zero-order valence-electron chi connectivity index (χ0n) is 16.2. The van der Waals surface area contributed by atoms with Gasteiger partial charge in [0.05, 0.1) is 18.2 Å². The topological polar surface area (TPSA) is 77.5 Å². The van der Waals surface area contributed by atoms with Crippen molar-refractivity contribution in [3.63, 3.8) is 0 Å². The number of fused-ring (bicyclic) bond motifs is 2. The minimum absolute atomic E-state index is 0.360. The number of hydrogen-bond acceptors (Lipinski definition) is 5. The number of para-hydroxylation sites is 1. The van der Waals surface area contributed by atoms with Gasteiger partial charge in [0.2, 0.25) is 0 Å². The number of anilines is 1. The molecule has 148 valence electrons. The van der Waals surface area contributed by atoms with Crippen molar-refractivity contribution in [2.75, 3.05) is 19.0 Å². The first-order valence-electron chi connectivity index (χ1n) is 9.67. The Hall–Kier alpha value is -3.41. The van der Waals surface area contributed by atoms with E-state index in [4.69, 9.17) is 14.5 Å². The van der Waals surface area contributed by atoms with Gasteiger partial charge in [0.15, 0.2) is 6.61 Å². The van der Waals surface area contributed by atoms with Crippen molar-refractivity contribution in [1.29, 1.82) is 0 Å². The molecule has 1 aliphatic rings. The SMILES string of the molecule is COc1cccc(NC(=O)COC(=O)c2c3c(nc4ccccc24)CCCC3)c1. The van der Waals surface area contributed by atoms with Crippen LogP contribution in [0.1, 0.15) is 34.5 Å². The minimum atomic E-state index is -0.484. The Bertz CT molecular complexity index is 1080. The van der Waals surface area contributed by atoms with Crippen molar-refractivity contribution in [2.45, 2.75) is 25.7 Å². The van der Waals surface area contributed by atoms with E-state index in [0.717, 1.165) is 47.8 Å². The van der Waals surface area contributed by atoms with Crippen molar-refractivity contribution < 1.29 is 19.1 Å². The van der Waals surface area contributed by atoms with Gasteiger partial charge in [-0.05, 0) is 49.4 Å². The third-order valence-corrected chi connectivity index (χ3v) is 5.06. The molecule has 0 unspecified atom stereocenters. The molecular weight excluding hydrogens is 368 g/mol. The van der Waals surface area contributed by atoms with E-state index in [2.05, 4.69) is 5.32 Å². The Kier molecular flexibility index (Phi) is 5.42. The minimum Gasteiger partial charge on any atom is -0.497 e. The molecule has 6 heteroatoms. The molecule has 0 radical (unpaired) electrons. The van der Waals surface area contributed by atoms with Crippen molar-refractivity contribution in [3.05, 3.63) is 65.4 Å². The van der Waals surface area contributed by atoms with Gasteiger partial charge in [0.1, 0.15) is 5.75 Å². The molecule has 1 aromatic heterocycles. The summed E-state index contributed by atoms with van der Waals surface area (Å²) in [5, 5.41) is 3.48. The van der Waals surface area contributed by atoms with Crippen molar-refractivity contribution >= 4 is 28.5 Å². The van der Waals surface area contributed by atoms with E-state index in [1.165, 1.54) is 0 Å². The van der Waals surface area contributed by atoms with Gasteiger partial charge in [-0.15, -0.1) is 0 Å². The third-order valence-electron chi connectivity index (χ3n) is 5.06. The molecular formula is C23H22N2O4. The highest BCUT2D eigenvalue weighted by Crippen LogP contribution is 2.29. The van der Waals surface area contributed by atoms with Crippen LogP contribution in [-0.2, 0) is 22.4 Å². The van der Waals surface area contributed by atoms with Crippen LogP contribution in [0.15, 0.2) is 48.5 Å². The maximum absolute atomic E-state index is 12.9. The summed E-state index contributed by atoms with van der Waals surface area (Å²) in [5.74, 6) is -0.254. The quantitative estimate of drug-likeness (QED) is 0.668. The normalized spacial score (nSPS) is 12.9. The molecule has 1 aliphatic carbocycles. The molecule has 4 rings (SSSR count). The molecule has 0 aliphatic heterocycles. The van der Waals surface area contributed by atoms with Gasteiger partial charge >= 0.3 is 5.97 Å². The number of esters is 1. The fraction of sp³-hybridized carbons (Fsp3) is 0.261. The number of pyridine rings is 1. The number of carbonyl (C=O) groups excluding carboxylic acids is 2. The number of carbonyl (C=O) groups is 2. The molecule has 1 N–H and O–H groups in total. The van der Waals surface area contributed by atoms with Gasteiger partial charge in [-0.1, -0.05) is 24.3 Å². The second-order valence-electron chi connectivity index (χ2n) is 6.99. The first-order valence-corrected chi connectivity index (χ1v) is 9.67. The van der Waals surface area contributed by atoms with Gasteiger partial charge < -0.3 is 14.8 Å². The highest BCUT2D eigenvalue weighted by atomic mass is 16.5. The molecule has 0 bridgehead atoms. The maximum atomic E-state index is 12.9. The Morgan fingerprint density at radius 3 is 2.76 bits per heavy atom. The van der Waals surface area contributed by atoms with Crippen LogP contribution in [0.3, 0.4) is 0 Å². The molecule has 1 amide bonds. The zero-order valence-corrected chi connectivity index (χ0v) is 16.2. The van der Waals surface area contributed by atoms with E-state index in [-0.39, 0.29) is 6.61 Å². The number of aromatic nitrogens is 1. The third kappa shape index (κ3) is 4.06. The summed E-state index contributed by atoms with van der Waals surface area (Å²) in [5.41, 5.74) is 3.81. The molecule has 2 aromatic carbocycles. The van der Waals surface area contributed by atoms with Crippen molar-refractivity contribution in [2.24, 2.45) is 0 Å². The number of amides is 1. The van der Waals surface area contributed by atoms with Gasteiger partial charge in [0, 0.05) is 22.8 Å². The summed E-state index contributed by atoms with van der Waals surface area (Å²) >= 11 is 0. The number of ether oxygens (including phenoxy) is 2. The second kappa shape index (κ2) is 8.31. The average molecular weight is 390 g/mol. The largest absolute Gasteiger partial charge is 0.497 e. The zero-order chi connectivity index (χ0) is 20.2. The number of nitrogens with zero attached hydrogens (tertiary/aromatic N) is 1. The summed E-state index contributed by atoms with van der Waals surface area (Å²) in [4.78, 5) is 29.9. The lowest BCUT2D eigenvalue weighted by atomic mass is 9.90. The smallest absolute Gasteiger partial charge is 0.339 e. The van der Waals surface area contributed by atoms with Crippen LogP contribution in [0.2, 0.25) is 0 Å². The Labute approximate surface area is 168 Å². The lowest BCUT2D eigenvalue weighted by molar-refractivity contribution is -0.119. The highest BCUT2D eigenvalue weighted by Gasteiger charge is 2.24. The van der Waals surface area contributed by atoms with Crippen LogP contribution in [0.5, 0.6) is 5.75 Å². The molecule has 0 spiro atoms. The van der Waals surface area contributed by atoms with Crippen LogP contribution < -0.4 is 10.1 Å². The van der Waals surface area contributed by atoms with Gasteiger partial charge in [-0.2, -0.15) is 0 Å². The lowest BCUT2D eigenvalue weighted by Gasteiger charge is -2.19. The molecule has 0 fully saturated rings. The molecule has 0 saturated heterocycles. The van der Waals surface area contributed by atoms with E-state index in [1.807, 2.05) is 24.3 Å². The van der Waals surface area contributed by atoms with Crippen LogP contribution in [0.25, 0.3) is 10.9 Å². The Morgan fingerprint density at radius 1 is 1.07 bits per heavy atom. The average Bonchev–Trinajstić information content (AvgIpc) is 2.76. The van der Waals surface area contributed by atoms with E-state index in [9.17, 15) is 9.59 Å². The predicted molar refractivity (Wildman–Crippen MR) is 110 cm³/mol. The Morgan fingerprint density at radius 2 is 1.90 bits per heavy atom. The van der Waals surface area contributed by atoms with Crippen LogP contribution in [0, 0.1) is 0 Å². The van der Waals surface area contributed by atoms with Crippen LogP contribution in [-0.4, -0.2) is 30.6 Å². The molecule has 1 heterocycles. The van der Waals surface area contributed by atoms with Crippen molar-refractivity contribution in [1.82, 2.24) is 4.98 Å². The molecule has 3 aromatic rings. The lowest BCUT2D eigenvalue weighted by Crippen LogP contribution is -2.22. The van der Waals surface area contributed by atoms with Gasteiger partial charge in [-0.3, -0.25) is 9.78 Å². The van der Waals surface area contributed by atoms with E-state index in [1.54, 1.807) is 31.4 Å². The van der Waals surface area contributed by atoms with Gasteiger partial charge in [0.25, 0.3) is 5.91 Å². The predicted octanol–water partition coefficient (Wildman–Crippen LogP) is 3.92. The van der Waals surface area contributed by atoms with Crippen LogP contribution >= 0.6 is 0 Å². The standard InChI is InChI=1S/C23H22N2O4/c1-28-16-8-6-7-15(13-16)24-21(26)14-29-23(27)22-17-9-2-4-11-19(17)25-20-12-5-3-10-18(20)22/h2,4,6-9,11,13H,3,5,10,12,14H2,1H3,(H,24,26). The monoisotopic (exact) mass is 390 g/mol. The number of benzene rings is 2. The first kappa shape index (κ1) is 18.9. The van der Waals surface area contributed by atoms with E-state index >= 15 is 0 Å². The summed E-state index contributed by atoms with van der Waals surface area (Å²) in [7, 11) is 1.56. The number of hydrogen-bond donors (Lipinski definition) is 1. The molecule has 0 saturated carbocycles. The summed E-state index contributed by atoms with van der Waals surface area (Å²) in [6.45, 7) is -0.360. The summed E-state index contributed by atoms with van der Waals surface area (Å²) < 4.78 is 10.5. The van der Waals surface area contributed by atoms with Gasteiger partial charge in [-0.25, -0.2) is 4.79 Å². The second-order valence-corrected chi connectivity index (χ2v) is 6.99. The number of nitrogens with one attached hydrogen (secondary N) is 1. The highest BCUT2D eigenvalue weighted by molar-refractivity contribution is 6.06. The molecule has 29 heavy (non-hydrogen) atoms. The fourth-order valence-corrected chi connectivity index (χ4v) is 3.71. The first-order chi connectivity index (χ1) is 14.2. The number of rotatable bonds is 5. The summed E-state index contributed by atoms with van der Waals surface area (Å²) in [6, 6.07) is 14.6. The van der Waals surface area contributed by atoms with Crippen molar-refractivity contribution in [3.8, 4) is 5.75 Å². The van der Waals surface area contributed by atoms with Crippen LogP contribution in [0.4, 0.5) is 5.69 Å². The fourth-order valence-electron chi connectivity index (χ4n) is 3.71. The van der Waals surface area contributed by atoms with E-state index < -0.39 is 11.9 Å². The number of methoxy groups -OCH3 is 1. The molecule has 0 atom stereocenters. The number of aryl methyl sites for hydroxylation is 1. The molecule has 6 nitrogen and oxygen atoms in total. The summed E-state index contributed by atoms with van der Waals surface area (Å²) in [6.07, 6.45) is 3.74. The Balaban J connectivity index is 1.52.